The maximum Gasteiger partial charge on any atom is 0.315 e. The normalized spacial score (nSPS) is 24.1. The van der Waals surface area contributed by atoms with Gasteiger partial charge in [0, 0.05) is 23.7 Å². The maximum absolute atomic E-state index is 12.0. The van der Waals surface area contributed by atoms with E-state index in [0.717, 1.165) is 35.6 Å². The number of aryl methyl sites for hydroxylation is 1. The molecule has 3 N–H and O–H groups in total. The quantitative estimate of drug-likeness (QED) is 0.798. The van der Waals surface area contributed by atoms with Crippen LogP contribution in [0, 0.1) is 12.8 Å². The van der Waals surface area contributed by atoms with Gasteiger partial charge in [0.2, 0.25) is 0 Å². The first-order valence-corrected chi connectivity index (χ1v) is 8.00. The predicted molar refractivity (Wildman–Crippen MR) is 79.8 cm³/mol. The van der Waals surface area contributed by atoms with Gasteiger partial charge in [0.1, 0.15) is 5.01 Å². The molecule has 2 amide bonds. The Morgan fingerprint density at radius 2 is 2.20 bits per heavy atom. The Morgan fingerprint density at radius 3 is 2.75 bits per heavy atom. The zero-order chi connectivity index (χ0) is 14.5. The van der Waals surface area contributed by atoms with E-state index in [1.807, 2.05) is 20.0 Å². The molecule has 0 saturated heterocycles. The molecular formula is C14H23N3O2S. The summed E-state index contributed by atoms with van der Waals surface area (Å²) in [6, 6.07) is 0.0308. The van der Waals surface area contributed by atoms with Crippen LogP contribution < -0.4 is 10.6 Å². The minimum absolute atomic E-state index is 0.0671. The van der Waals surface area contributed by atoms with Gasteiger partial charge in [0.05, 0.1) is 6.04 Å². The molecule has 1 aliphatic rings. The first-order valence-electron chi connectivity index (χ1n) is 7.18. The Balaban J connectivity index is 1.75. The predicted octanol–water partition coefficient (Wildman–Crippen LogP) is 2.36. The number of nitrogens with one attached hydrogen (secondary N) is 2. The van der Waals surface area contributed by atoms with Gasteiger partial charge in [-0.3, -0.25) is 0 Å². The lowest BCUT2D eigenvalue weighted by Gasteiger charge is -2.28. The number of aliphatic hydroxyl groups excluding tert-OH is 1. The molecule has 0 bridgehead atoms. The topological polar surface area (TPSA) is 74.2 Å². The van der Waals surface area contributed by atoms with E-state index in [9.17, 15) is 4.79 Å². The maximum atomic E-state index is 12.0. The Hall–Kier alpha value is -1.14. The Labute approximate surface area is 123 Å². The summed E-state index contributed by atoms with van der Waals surface area (Å²) >= 11 is 1.61. The largest absolute Gasteiger partial charge is 0.396 e. The molecule has 6 heteroatoms. The molecule has 2 rings (SSSR count). The van der Waals surface area contributed by atoms with E-state index >= 15 is 0 Å². The highest BCUT2D eigenvalue weighted by Crippen LogP contribution is 2.24. The minimum Gasteiger partial charge on any atom is -0.396 e. The van der Waals surface area contributed by atoms with Crippen LogP contribution in [0.5, 0.6) is 0 Å². The van der Waals surface area contributed by atoms with Crippen molar-refractivity contribution in [3.8, 4) is 0 Å². The van der Waals surface area contributed by atoms with Gasteiger partial charge in [0.25, 0.3) is 0 Å². The molecular weight excluding hydrogens is 274 g/mol. The average Bonchev–Trinajstić information content (AvgIpc) is 2.86. The summed E-state index contributed by atoms with van der Waals surface area (Å²) in [6.45, 7) is 4.22. The summed E-state index contributed by atoms with van der Waals surface area (Å²) in [5, 5.41) is 16.0. The zero-order valence-corrected chi connectivity index (χ0v) is 12.9. The third-order valence-corrected chi connectivity index (χ3v) is 4.89. The third kappa shape index (κ3) is 4.18. The highest BCUT2D eigenvalue weighted by Gasteiger charge is 2.22. The molecule has 112 valence electrons. The number of urea groups is 1. The molecule has 0 radical (unpaired) electrons. The third-order valence-electron chi connectivity index (χ3n) is 3.80. The van der Waals surface area contributed by atoms with Gasteiger partial charge in [-0.25, -0.2) is 9.78 Å². The fourth-order valence-electron chi connectivity index (χ4n) is 2.55. The van der Waals surface area contributed by atoms with Crippen molar-refractivity contribution >= 4 is 17.4 Å². The number of thiazole rings is 1. The first-order chi connectivity index (χ1) is 9.58. The van der Waals surface area contributed by atoms with Crippen molar-refractivity contribution in [3.05, 3.63) is 16.1 Å². The molecule has 0 aromatic carbocycles. The van der Waals surface area contributed by atoms with Gasteiger partial charge in [-0.1, -0.05) is 0 Å². The SMILES string of the molecule is Cc1cnc(C(C)NC(=O)NC2CCC(CO)CC2)s1. The van der Waals surface area contributed by atoms with E-state index < -0.39 is 0 Å². The summed E-state index contributed by atoms with van der Waals surface area (Å²) in [7, 11) is 0. The summed E-state index contributed by atoms with van der Waals surface area (Å²) < 4.78 is 0. The van der Waals surface area contributed by atoms with Crippen LogP contribution in [0.4, 0.5) is 4.79 Å². The second kappa shape index (κ2) is 7.04. The molecule has 1 aromatic heterocycles. The summed E-state index contributed by atoms with van der Waals surface area (Å²) in [6.07, 6.45) is 5.70. The van der Waals surface area contributed by atoms with Gasteiger partial charge in [-0.05, 0) is 45.4 Å². The van der Waals surface area contributed by atoms with Crippen LogP contribution in [0.2, 0.25) is 0 Å². The van der Waals surface area contributed by atoms with E-state index in [-0.39, 0.29) is 24.7 Å². The van der Waals surface area contributed by atoms with Gasteiger partial charge in [0.15, 0.2) is 0 Å². The number of hydrogen-bond acceptors (Lipinski definition) is 4. The number of carbonyl (C=O) groups is 1. The molecule has 0 aliphatic heterocycles. The van der Waals surface area contributed by atoms with Crippen LogP contribution in [-0.4, -0.2) is 28.8 Å². The molecule has 1 unspecified atom stereocenters. The molecule has 1 aliphatic carbocycles. The number of nitrogens with zero attached hydrogens (tertiary/aromatic N) is 1. The highest BCUT2D eigenvalue weighted by molar-refractivity contribution is 7.11. The number of amides is 2. The molecule has 20 heavy (non-hydrogen) atoms. The molecule has 1 atom stereocenters. The average molecular weight is 297 g/mol. The molecule has 5 nitrogen and oxygen atoms in total. The molecule has 1 saturated carbocycles. The van der Waals surface area contributed by atoms with Gasteiger partial charge >= 0.3 is 6.03 Å². The summed E-state index contributed by atoms with van der Waals surface area (Å²) in [4.78, 5) is 17.4. The first kappa shape index (κ1) is 15.3. The van der Waals surface area contributed by atoms with E-state index in [2.05, 4.69) is 15.6 Å². The van der Waals surface area contributed by atoms with E-state index in [1.54, 1.807) is 11.3 Å². The van der Waals surface area contributed by atoms with Crippen molar-refractivity contribution in [3.63, 3.8) is 0 Å². The lowest BCUT2D eigenvalue weighted by Crippen LogP contribution is -2.44. The van der Waals surface area contributed by atoms with Gasteiger partial charge in [-0.2, -0.15) is 0 Å². The van der Waals surface area contributed by atoms with E-state index in [0.29, 0.717) is 5.92 Å². The number of carbonyl (C=O) groups excluding carboxylic acids is 1. The van der Waals surface area contributed by atoms with Crippen LogP contribution in [-0.2, 0) is 0 Å². The van der Waals surface area contributed by atoms with Crippen molar-refractivity contribution in [2.75, 3.05) is 6.61 Å². The van der Waals surface area contributed by atoms with Crippen molar-refractivity contribution in [2.24, 2.45) is 5.92 Å². The fourth-order valence-corrected chi connectivity index (χ4v) is 3.32. The highest BCUT2D eigenvalue weighted by atomic mass is 32.1. The van der Waals surface area contributed by atoms with Crippen molar-refractivity contribution < 1.29 is 9.90 Å². The van der Waals surface area contributed by atoms with Gasteiger partial charge in [-0.15, -0.1) is 11.3 Å². The number of aliphatic hydroxyl groups is 1. The van der Waals surface area contributed by atoms with Crippen LogP contribution in [0.3, 0.4) is 0 Å². The molecule has 1 heterocycles. The van der Waals surface area contributed by atoms with Crippen LogP contribution in [0.15, 0.2) is 6.20 Å². The van der Waals surface area contributed by atoms with Crippen molar-refractivity contribution in [2.45, 2.75) is 51.6 Å². The summed E-state index contributed by atoms with van der Waals surface area (Å²) in [5.74, 6) is 0.410. The molecule has 1 fully saturated rings. The fraction of sp³-hybridized carbons (Fsp3) is 0.714. The Kier molecular flexibility index (Phi) is 5.37. The van der Waals surface area contributed by atoms with Crippen molar-refractivity contribution in [1.82, 2.24) is 15.6 Å². The van der Waals surface area contributed by atoms with Crippen LogP contribution >= 0.6 is 11.3 Å². The summed E-state index contributed by atoms with van der Waals surface area (Å²) in [5.41, 5.74) is 0. The lowest BCUT2D eigenvalue weighted by atomic mass is 9.87. The Bertz CT molecular complexity index is 441. The zero-order valence-electron chi connectivity index (χ0n) is 12.1. The van der Waals surface area contributed by atoms with Gasteiger partial charge < -0.3 is 15.7 Å². The monoisotopic (exact) mass is 297 g/mol. The smallest absolute Gasteiger partial charge is 0.315 e. The van der Waals surface area contributed by atoms with Crippen molar-refractivity contribution in [1.29, 1.82) is 0 Å². The van der Waals surface area contributed by atoms with E-state index in [4.69, 9.17) is 5.11 Å². The number of rotatable bonds is 4. The Morgan fingerprint density at radius 1 is 1.50 bits per heavy atom. The second-order valence-corrected chi connectivity index (χ2v) is 6.82. The molecule has 1 aromatic rings. The number of hydrogen-bond donors (Lipinski definition) is 3. The lowest BCUT2D eigenvalue weighted by molar-refractivity contribution is 0.174. The second-order valence-electron chi connectivity index (χ2n) is 5.55. The minimum atomic E-state index is -0.127. The standard InChI is InChI=1S/C14H23N3O2S/c1-9-7-15-13(20-9)10(2)16-14(19)17-12-5-3-11(8-18)4-6-12/h7,10-12,18H,3-6,8H2,1-2H3,(H2,16,17,19). The number of aromatic nitrogens is 1. The molecule has 0 spiro atoms. The van der Waals surface area contributed by atoms with Crippen LogP contribution in [0.1, 0.15) is 48.5 Å². The van der Waals surface area contributed by atoms with Crippen LogP contribution in [0.25, 0.3) is 0 Å². The van der Waals surface area contributed by atoms with E-state index in [1.165, 1.54) is 0 Å².